The summed E-state index contributed by atoms with van der Waals surface area (Å²) in [5.41, 5.74) is 2.49. The Morgan fingerprint density at radius 2 is 1.79 bits per heavy atom. The van der Waals surface area contributed by atoms with Crippen molar-refractivity contribution in [3.8, 4) is 0 Å². The molecule has 160 valence electrons. The second-order valence-electron chi connectivity index (χ2n) is 8.08. The van der Waals surface area contributed by atoms with Gasteiger partial charge >= 0.3 is 0 Å². The molecule has 0 spiro atoms. The molecule has 1 fully saturated rings. The van der Waals surface area contributed by atoms with Crippen molar-refractivity contribution in [3.63, 3.8) is 0 Å². The van der Waals surface area contributed by atoms with Gasteiger partial charge in [-0.05, 0) is 58.1 Å². The van der Waals surface area contributed by atoms with Crippen molar-refractivity contribution in [2.45, 2.75) is 56.9 Å². The maximum atomic E-state index is 12.8. The maximum Gasteiger partial charge on any atom is 0.243 e. The van der Waals surface area contributed by atoms with E-state index in [2.05, 4.69) is 16.3 Å². The summed E-state index contributed by atoms with van der Waals surface area (Å²) in [6, 6.07) is 6.71. The molecule has 0 aromatic heterocycles. The molecule has 0 bridgehead atoms. The smallest absolute Gasteiger partial charge is 0.243 e. The molecule has 1 aromatic carbocycles. The molecule has 3 rings (SSSR count). The first-order valence-corrected chi connectivity index (χ1v) is 12.1. The lowest BCUT2D eigenvalue weighted by atomic mass is 9.97. The number of benzene rings is 1. The second-order valence-corrected chi connectivity index (χ2v) is 10.0. The SMILES string of the molecule is Cc1ccc(S(=O)(=O)N2CCN([C@@H](C)C(=O)NCCC3=CCCCC3)CC2)cc1. The molecule has 0 unspecified atom stereocenters. The zero-order chi connectivity index (χ0) is 20.9. The quantitative estimate of drug-likeness (QED) is 0.690. The highest BCUT2D eigenvalue weighted by atomic mass is 32.2. The molecule has 29 heavy (non-hydrogen) atoms. The normalized spacial score (nSPS) is 20.1. The lowest BCUT2D eigenvalue weighted by molar-refractivity contribution is -0.126. The highest BCUT2D eigenvalue weighted by molar-refractivity contribution is 7.89. The van der Waals surface area contributed by atoms with Gasteiger partial charge in [0.15, 0.2) is 0 Å². The lowest BCUT2D eigenvalue weighted by Crippen LogP contribution is -2.54. The molecule has 7 heteroatoms. The Morgan fingerprint density at radius 3 is 2.41 bits per heavy atom. The Balaban J connectivity index is 1.47. The zero-order valence-electron chi connectivity index (χ0n) is 17.6. The van der Waals surface area contributed by atoms with E-state index in [1.54, 1.807) is 12.1 Å². The Kier molecular flexibility index (Phi) is 7.49. The van der Waals surface area contributed by atoms with Crippen molar-refractivity contribution >= 4 is 15.9 Å². The van der Waals surface area contributed by atoms with Crippen molar-refractivity contribution in [2.24, 2.45) is 0 Å². The van der Waals surface area contributed by atoms with E-state index in [4.69, 9.17) is 0 Å². The van der Waals surface area contributed by atoms with Crippen LogP contribution in [0, 0.1) is 6.92 Å². The number of aryl methyl sites for hydroxylation is 1. The number of hydrogen-bond acceptors (Lipinski definition) is 4. The van der Waals surface area contributed by atoms with Crippen LogP contribution in [0.1, 0.15) is 44.6 Å². The molecule has 1 aromatic rings. The minimum atomic E-state index is -3.47. The first-order valence-electron chi connectivity index (χ1n) is 10.6. The molecule has 1 aliphatic carbocycles. The van der Waals surface area contributed by atoms with E-state index in [9.17, 15) is 13.2 Å². The molecule has 1 N–H and O–H groups in total. The van der Waals surface area contributed by atoms with Gasteiger partial charge in [-0.3, -0.25) is 9.69 Å². The van der Waals surface area contributed by atoms with E-state index >= 15 is 0 Å². The predicted octanol–water partition coefficient (Wildman–Crippen LogP) is 2.70. The third-order valence-electron chi connectivity index (χ3n) is 5.99. The summed E-state index contributed by atoms with van der Waals surface area (Å²) in [4.78, 5) is 14.9. The molecule has 0 saturated carbocycles. The minimum Gasteiger partial charge on any atom is -0.354 e. The molecule has 2 aliphatic rings. The van der Waals surface area contributed by atoms with Crippen LogP contribution in [0.25, 0.3) is 0 Å². The lowest BCUT2D eigenvalue weighted by Gasteiger charge is -2.36. The van der Waals surface area contributed by atoms with Crippen molar-refractivity contribution < 1.29 is 13.2 Å². The van der Waals surface area contributed by atoms with Gasteiger partial charge in [0.1, 0.15) is 0 Å². The average Bonchev–Trinajstić information content (AvgIpc) is 2.74. The van der Waals surface area contributed by atoms with Crippen LogP contribution in [0.3, 0.4) is 0 Å². The first-order chi connectivity index (χ1) is 13.9. The Labute approximate surface area is 175 Å². The van der Waals surface area contributed by atoms with Crippen molar-refractivity contribution in [2.75, 3.05) is 32.7 Å². The predicted molar refractivity (Wildman–Crippen MR) is 115 cm³/mol. The molecule has 0 radical (unpaired) electrons. The van der Waals surface area contributed by atoms with Gasteiger partial charge in [0.25, 0.3) is 0 Å². The molecular formula is C22H33N3O3S. The van der Waals surface area contributed by atoms with E-state index in [-0.39, 0.29) is 11.9 Å². The molecule has 6 nitrogen and oxygen atoms in total. The van der Waals surface area contributed by atoms with Gasteiger partial charge in [0.05, 0.1) is 10.9 Å². The fourth-order valence-electron chi connectivity index (χ4n) is 3.98. The van der Waals surface area contributed by atoms with Crippen LogP contribution in [0.2, 0.25) is 0 Å². The summed E-state index contributed by atoms with van der Waals surface area (Å²) in [5.74, 6) is 0.0243. The highest BCUT2D eigenvalue weighted by Crippen LogP contribution is 2.20. The topological polar surface area (TPSA) is 69.7 Å². The average molecular weight is 420 g/mol. The van der Waals surface area contributed by atoms with Gasteiger partial charge in [-0.15, -0.1) is 0 Å². The van der Waals surface area contributed by atoms with Gasteiger partial charge in [-0.1, -0.05) is 29.3 Å². The van der Waals surface area contributed by atoms with E-state index < -0.39 is 10.0 Å². The number of nitrogens with zero attached hydrogens (tertiary/aromatic N) is 2. The summed E-state index contributed by atoms with van der Waals surface area (Å²) in [7, 11) is -3.47. The van der Waals surface area contributed by atoms with Gasteiger partial charge in [-0.25, -0.2) is 8.42 Å². The van der Waals surface area contributed by atoms with Crippen molar-refractivity contribution in [3.05, 3.63) is 41.5 Å². The zero-order valence-corrected chi connectivity index (χ0v) is 18.4. The van der Waals surface area contributed by atoms with Crippen LogP contribution >= 0.6 is 0 Å². The standard InChI is InChI=1S/C22H33N3O3S/c1-18-8-10-21(11-9-18)29(27,28)25-16-14-24(15-17-25)19(2)22(26)23-13-12-20-6-4-3-5-7-20/h6,8-11,19H,3-5,7,12-17H2,1-2H3,(H,23,26)/t19-/m0/s1. The fraction of sp³-hybridized carbons (Fsp3) is 0.591. The van der Waals surface area contributed by atoms with Crippen LogP contribution in [0.4, 0.5) is 0 Å². The molecule has 1 aliphatic heterocycles. The van der Waals surface area contributed by atoms with E-state index in [1.165, 1.54) is 22.7 Å². The van der Waals surface area contributed by atoms with Gasteiger partial charge in [0.2, 0.25) is 15.9 Å². The van der Waals surface area contributed by atoms with Crippen molar-refractivity contribution in [1.82, 2.24) is 14.5 Å². The number of rotatable bonds is 7. The van der Waals surface area contributed by atoms with Crippen LogP contribution in [-0.2, 0) is 14.8 Å². The Hall–Kier alpha value is -1.70. The number of sulfonamides is 1. The van der Waals surface area contributed by atoms with E-state index in [0.29, 0.717) is 37.6 Å². The fourth-order valence-corrected chi connectivity index (χ4v) is 5.40. The van der Waals surface area contributed by atoms with Crippen LogP contribution in [0.5, 0.6) is 0 Å². The molecule has 1 amide bonds. The summed E-state index contributed by atoms with van der Waals surface area (Å²) in [5, 5.41) is 3.05. The molecule has 1 heterocycles. The van der Waals surface area contributed by atoms with Gasteiger partial charge < -0.3 is 5.32 Å². The van der Waals surface area contributed by atoms with Crippen LogP contribution < -0.4 is 5.32 Å². The number of allylic oxidation sites excluding steroid dienone is 1. The second kappa shape index (κ2) is 9.87. The number of hydrogen-bond donors (Lipinski definition) is 1. The number of piperazine rings is 1. The maximum absolute atomic E-state index is 12.8. The molecular weight excluding hydrogens is 386 g/mol. The summed E-state index contributed by atoms with van der Waals surface area (Å²) in [6.45, 7) is 6.45. The van der Waals surface area contributed by atoms with Gasteiger partial charge in [-0.2, -0.15) is 4.31 Å². The summed E-state index contributed by atoms with van der Waals surface area (Å²) in [6.07, 6.45) is 8.09. The summed E-state index contributed by atoms with van der Waals surface area (Å²) >= 11 is 0. The van der Waals surface area contributed by atoms with Crippen molar-refractivity contribution in [1.29, 1.82) is 0 Å². The van der Waals surface area contributed by atoms with Gasteiger partial charge in [0, 0.05) is 32.7 Å². The Morgan fingerprint density at radius 1 is 1.10 bits per heavy atom. The molecule has 1 saturated heterocycles. The minimum absolute atomic E-state index is 0.0243. The number of carbonyl (C=O) groups excluding carboxylic acids is 1. The number of nitrogens with one attached hydrogen (secondary N) is 1. The monoisotopic (exact) mass is 419 g/mol. The highest BCUT2D eigenvalue weighted by Gasteiger charge is 2.31. The number of carbonyl (C=O) groups is 1. The first kappa shape index (κ1) is 22.0. The van der Waals surface area contributed by atoms with Crippen LogP contribution in [-0.4, -0.2) is 62.3 Å². The summed E-state index contributed by atoms with van der Waals surface area (Å²) < 4.78 is 27.2. The van der Waals surface area contributed by atoms with E-state index in [0.717, 1.165) is 24.8 Å². The largest absolute Gasteiger partial charge is 0.354 e. The third kappa shape index (κ3) is 5.68. The Bertz CT molecular complexity index is 825. The van der Waals surface area contributed by atoms with Crippen LogP contribution in [0.15, 0.2) is 40.8 Å². The van der Waals surface area contributed by atoms with E-state index in [1.807, 2.05) is 26.0 Å². The number of amides is 1. The third-order valence-corrected chi connectivity index (χ3v) is 7.90. The molecule has 1 atom stereocenters.